The lowest BCUT2D eigenvalue weighted by Crippen LogP contribution is -2.26. The molecule has 2 rings (SSSR count). The third kappa shape index (κ3) is 2.87. The second-order valence-corrected chi connectivity index (χ2v) is 3.90. The molecule has 0 bridgehead atoms. The monoisotopic (exact) mass is 249 g/mol. The molecule has 2 aromatic rings. The van der Waals surface area contributed by atoms with Crippen molar-refractivity contribution in [1.29, 1.82) is 0 Å². The van der Waals surface area contributed by atoms with Gasteiger partial charge in [-0.15, -0.1) is 4.73 Å². The summed E-state index contributed by atoms with van der Waals surface area (Å²) in [5.74, 6) is 0.341. The minimum Gasteiger partial charge on any atom is -0.424 e. The Labute approximate surface area is 106 Å². The number of aromatic nitrogens is 2. The molecule has 1 aromatic carbocycles. The predicted molar refractivity (Wildman–Crippen MR) is 71.9 cm³/mol. The van der Waals surface area contributed by atoms with Crippen LogP contribution in [0.25, 0.3) is 10.9 Å². The van der Waals surface area contributed by atoms with E-state index < -0.39 is 5.56 Å². The Kier molecular flexibility index (Phi) is 4.85. The summed E-state index contributed by atoms with van der Waals surface area (Å²) in [7, 11) is 3.70. The van der Waals surface area contributed by atoms with Crippen molar-refractivity contribution in [2.75, 3.05) is 14.1 Å². The van der Waals surface area contributed by atoms with Gasteiger partial charge in [0, 0.05) is 0 Å². The van der Waals surface area contributed by atoms with Crippen LogP contribution in [-0.4, -0.2) is 33.9 Å². The van der Waals surface area contributed by atoms with E-state index in [0.717, 1.165) is 0 Å². The maximum absolute atomic E-state index is 11.8. The fraction of sp³-hybridized carbons (Fsp3) is 0.385. The van der Waals surface area contributed by atoms with Gasteiger partial charge in [-0.2, -0.15) is 0 Å². The second kappa shape index (κ2) is 6.16. The number of nitrogens with zero attached hydrogens (tertiary/aromatic N) is 3. The summed E-state index contributed by atoms with van der Waals surface area (Å²) in [5, 5.41) is 10.1. The molecule has 0 amide bonds. The van der Waals surface area contributed by atoms with Crippen molar-refractivity contribution in [3.05, 3.63) is 40.4 Å². The van der Waals surface area contributed by atoms with Crippen LogP contribution in [0.4, 0.5) is 0 Å². The number of fused-ring (bicyclic) bond motifs is 1. The molecule has 0 aliphatic heterocycles. The third-order valence-electron chi connectivity index (χ3n) is 2.28. The molecule has 0 radical (unpaired) electrons. The number of hydrogen-bond donors (Lipinski definition) is 1. The molecule has 0 spiro atoms. The van der Waals surface area contributed by atoms with E-state index in [0.29, 0.717) is 28.0 Å². The number of rotatable bonds is 2. The first-order valence-electron chi connectivity index (χ1n) is 5.94. The Balaban J connectivity index is 0.000000771. The van der Waals surface area contributed by atoms with Gasteiger partial charge in [0.25, 0.3) is 5.56 Å². The van der Waals surface area contributed by atoms with E-state index in [2.05, 4.69) is 4.98 Å². The van der Waals surface area contributed by atoms with Crippen LogP contribution < -0.4 is 5.56 Å². The summed E-state index contributed by atoms with van der Waals surface area (Å²) in [5.41, 5.74) is 0.178. The standard InChI is InChI=1S/C11H13N3O2.C2H6/c1-13(2)7-10-12-9-6-4-3-5-8(9)11(15)14(10)16;1-2/h3-6,16H,7H2,1-2H3;1-2H3. The smallest absolute Gasteiger partial charge is 0.294 e. The van der Waals surface area contributed by atoms with Gasteiger partial charge < -0.3 is 10.1 Å². The Morgan fingerprint density at radius 3 is 2.50 bits per heavy atom. The summed E-state index contributed by atoms with van der Waals surface area (Å²) >= 11 is 0. The van der Waals surface area contributed by atoms with Gasteiger partial charge in [-0.05, 0) is 26.2 Å². The number of benzene rings is 1. The van der Waals surface area contributed by atoms with Crippen molar-refractivity contribution >= 4 is 10.9 Å². The summed E-state index contributed by atoms with van der Waals surface area (Å²) in [4.78, 5) is 17.9. The summed E-state index contributed by atoms with van der Waals surface area (Å²) in [6.07, 6.45) is 0. The van der Waals surface area contributed by atoms with E-state index in [-0.39, 0.29) is 0 Å². The Morgan fingerprint density at radius 1 is 1.28 bits per heavy atom. The zero-order valence-electron chi connectivity index (χ0n) is 11.2. The van der Waals surface area contributed by atoms with Crippen LogP contribution in [0.5, 0.6) is 0 Å². The molecule has 5 heteroatoms. The normalized spacial score (nSPS) is 10.3. The molecule has 1 aromatic heterocycles. The van der Waals surface area contributed by atoms with Gasteiger partial charge in [0.05, 0.1) is 17.4 Å². The lowest BCUT2D eigenvalue weighted by Gasteiger charge is -2.11. The van der Waals surface area contributed by atoms with Gasteiger partial charge >= 0.3 is 0 Å². The molecule has 18 heavy (non-hydrogen) atoms. The molecule has 0 saturated carbocycles. The first-order valence-corrected chi connectivity index (χ1v) is 5.94. The van der Waals surface area contributed by atoms with E-state index in [1.165, 1.54) is 0 Å². The van der Waals surface area contributed by atoms with Crippen LogP contribution in [0.15, 0.2) is 29.1 Å². The molecular weight excluding hydrogens is 230 g/mol. The van der Waals surface area contributed by atoms with Crippen molar-refractivity contribution in [3.63, 3.8) is 0 Å². The molecule has 5 nitrogen and oxygen atoms in total. The minimum absolute atomic E-state index is 0.341. The topological polar surface area (TPSA) is 58.4 Å². The Bertz CT molecular complexity index is 576. The van der Waals surface area contributed by atoms with Gasteiger partial charge in [0.1, 0.15) is 0 Å². The van der Waals surface area contributed by atoms with Gasteiger partial charge in [-0.3, -0.25) is 4.79 Å². The highest BCUT2D eigenvalue weighted by atomic mass is 16.5. The average molecular weight is 249 g/mol. The molecule has 0 fully saturated rings. The minimum atomic E-state index is -0.428. The molecule has 0 aliphatic rings. The van der Waals surface area contributed by atoms with Crippen molar-refractivity contribution in [1.82, 2.24) is 14.6 Å². The lowest BCUT2D eigenvalue weighted by atomic mass is 10.2. The first-order chi connectivity index (χ1) is 8.59. The predicted octanol–water partition coefficient (Wildman–Crippen LogP) is 1.72. The molecule has 1 heterocycles. The summed E-state index contributed by atoms with van der Waals surface area (Å²) < 4.78 is 0.613. The highest BCUT2D eigenvalue weighted by molar-refractivity contribution is 5.77. The van der Waals surface area contributed by atoms with Crippen LogP contribution in [0.3, 0.4) is 0 Å². The zero-order chi connectivity index (χ0) is 13.7. The van der Waals surface area contributed by atoms with Gasteiger partial charge in [0.2, 0.25) is 0 Å². The fourth-order valence-electron chi connectivity index (χ4n) is 1.55. The maximum Gasteiger partial charge on any atom is 0.294 e. The van der Waals surface area contributed by atoms with Crippen molar-refractivity contribution in [2.24, 2.45) is 0 Å². The zero-order valence-corrected chi connectivity index (χ0v) is 11.2. The van der Waals surface area contributed by atoms with Crippen LogP contribution in [0.1, 0.15) is 19.7 Å². The first kappa shape index (κ1) is 14.2. The molecule has 0 unspecified atom stereocenters. The maximum atomic E-state index is 11.8. The van der Waals surface area contributed by atoms with E-state index in [4.69, 9.17) is 0 Å². The van der Waals surface area contributed by atoms with Crippen LogP contribution in [-0.2, 0) is 6.54 Å². The summed E-state index contributed by atoms with van der Waals surface area (Å²) in [6.45, 7) is 4.41. The van der Waals surface area contributed by atoms with E-state index in [1.54, 1.807) is 18.2 Å². The van der Waals surface area contributed by atoms with Crippen LogP contribution in [0, 0.1) is 0 Å². The lowest BCUT2D eigenvalue weighted by molar-refractivity contribution is 0.153. The number of hydrogen-bond acceptors (Lipinski definition) is 4. The second-order valence-electron chi connectivity index (χ2n) is 3.90. The van der Waals surface area contributed by atoms with Gasteiger partial charge in [0.15, 0.2) is 5.82 Å². The van der Waals surface area contributed by atoms with E-state index in [9.17, 15) is 10.0 Å². The highest BCUT2D eigenvalue weighted by Crippen LogP contribution is 2.07. The largest absolute Gasteiger partial charge is 0.424 e. The molecule has 1 N–H and O–H groups in total. The van der Waals surface area contributed by atoms with E-state index >= 15 is 0 Å². The fourth-order valence-corrected chi connectivity index (χ4v) is 1.55. The van der Waals surface area contributed by atoms with Crippen molar-refractivity contribution < 1.29 is 5.21 Å². The van der Waals surface area contributed by atoms with Crippen molar-refractivity contribution in [2.45, 2.75) is 20.4 Å². The Morgan fingerprint density at radius 2 is 1.89 bits per heavy atom. The Hall–Kier alpha value is -1.88. The van der Waals surface area contributed by atoms with E-state index in [1.807, 2.05) is 38.9 Å². The SMILES string of the molecule is CC.CN(C)Cc1nc2ccccc2c(=O)n1O. The molecule has 98 valence electrons. The third-order valence-corrected chi connectivity index (χ3v) is 2.28. The molecule has 0 atom stereocenters. The van der Waals surface area contributed by atoms with Crippen LogP contribution in [0.2, 0.25) is 0 Å². The van der Waals surface area contributed by atoms with Crippen LogP contribution >= 0.6 is 0 Å². The van der Waals surface area contributed by atoms with Crippen molar-refractivity contribution in [3.8, 4) is 0 Å². The molecule has 0 saturated heterocycles. The molecule has 0 aliphatic carbocycles. The average Bonchev–Trinajstić information content (AvgIpc) is 2.37. The highest BCUT2D eigenvalue weighted by Gasteiger charge is 2.09. The summed E-state index contributed by atoms with van der Waals surface area (Å²) in [6, 6.07) is 6.97. The molecular formula is C13H19N3O2. The van der Waals surface area contributed by atoms with Gasteiger partial charge in [-0.25, -0.2) is 4.98 Å². The quantitative estimate of drug-likeness (QED) is 0.823. The van der Waals surface area contributed by atoms with Gasteiger partial charge in [-0.1, -0.05) is 26.0 Å². The number of para-hydroxylation sites is 1.